The number of hydrogen-bond acceptors (Lipinski definition) is 4. The topological polar surface area (TPSA) is 75.4 Å². The number of nitrogens with zero attached hydrogens (tertiary/aromatic N) is 1. The van der Waals surface area contributed by atoms with E-state index >= 15 is 0 Å². The van der Waals surface area contributed by atoms with Gasteiger partial charge in [-0.25, -0.2) is 13.1 Å². The molecule has 5 nitrogen and oxygen atoms in total. The molecule has 1 aromatic rings. The van der Waals surface area contributed by atoms with Gasteiger partial charge in [0.15, 0.2) is 0 Å². The first-order valence-electron chi connectivity index (χ1n) is 6.18. The minimum absolute atomic E-state index is 0.00293. The summed E-state index contributed by atoms with van der Waals surface area (Å²) in [6.45, 7) is 3.92. The second-order valence-electron chi connectivity index (χ2n) is 4.37. The van der Waals surface area contributed by atoms with Gasteiger partial charge in [0, 0.05) is 24.7 Å². The van der Waals surface area contributed by atoms with Crippen LogP contribution in [0.2, 0.25) is 10.0 Å². The van der Waals surface area contributed by atoms with Gasteiger partial charge in [0.1, 0.15) is 4.90 Å². The first-order valence-corrected chi connectivity index (χ1v) is 8.42. The van der Waals surface area contributed by atoms with E-state index in [4.69, 9.17) is 28.9 Å². The summed E-state index contributed by atoms with van der Waals surface area (Å²) in [5, 5.41) is 0.450. The molecule has 0 heterocycles. The zero-order chi connectivity index (χ0) is 15.3. The maximum absolute atomic E-state index is 12.2. The minimum atomic E-state index is -3.67. The van der Waals surface area contributed by atoms with Crippen molar-refractivity contribution >= 4 is 33.2 Å². The molecule has 1 aromatic carbocycles. The predicted molar refractivity (Wildman–Crippen MR) is 82.7 cm³/mol. The third kappa shape index (κ3) is 4.58. The molecule has 0 amide bonds. The van der Waals surface area contributed by atoms with E-state index in [1.54, 1.807) is 0 Å². The lowest BCUT2D eigenvalue weighted by Crippen LogP contribution is -2.33. The van der Waals surface area contributed by atoms with Gasteiger partial charge in [0.2, 0.25) is 10.0 Å². The number of sulfonamides is 1. The average molecular weight is 340 g/mol. The molecule has 0 saturated carbocycles. The molecule has 0 bridgehead atoms. The van der Waals surface area contributed by atoms with Crippen LogP contribution in [-0.2, 0) is 16.6 Å². The van der Waals surface area contributed by atoms with Crippen LogP contribution in [0.5, 0.6) is 0 Å². The lowest BCUT2D eigenvalue weighted by atomic mass is 10.2. The maximum atomic E-state index is 12.2. The van der Waals surface area contributed by atoms with Gasteiger partial charge < -0.3 is 10.6 Å². The number of halogens is 2. The van der Waals surface area contributed by atoms with Crippen molar-refractivity contribution in [1.29, 1.82) is 0 Å². The zero-order valence-electron chi connectivity index (χ0n) is 11.5. The molecule has 0 aliphatic heterocycles. The Balaban J connectivity index is 2.92. The maximum Gasteiger partial charge on any atom is 0.242 e. The number of benzene rings is 1. The zero-order valence-corrected chi connectivity index (χ0v) is 13.8. The van der Waals surface area contributed by atoms with Gasteiger partial charge in [-0.3, -0.25) is 0 Å². The van der Waals surface area contributed by atoms with E-state index < -0.39 is 10.0 Å². The number of hydrogen-bond donors (Lipinski definition) is 2. The van der Waals surface area contributed by atoms with E-state index in [2.05, 4.69) is 4.72 Å². The highest BCUT2D eigenvalue weighted by Crippen LogP contribution is 2.28. The van der Waals surface area contributed by atoms with Gasteiger partial charge in [-0.05, 0) is 31.3 Å². The standard InChI is InChI=1S/C12H19Cl2N3O2S/c1-3-17(2)5-4-16-20(18,19)12-6-9(8-15)10(13)7-11(12)14/h6-7,16H,3-5,8,15H2,1-2H3. The Morgan fingerprint density at radius 2 is 1.95 bits per heavy atom. The molecule has 0 radical (unpaired) electrons. The number of nitrogens with two attached hydrogens (primary N) is 1. The summed E-state index contributed by atoms with van der Waals surface area (Å²) in [6, 6.07) is 2.81. The molecule has 0 spiro atoms. The molecule has 0 saturated heterocycles. The molecule has 1 rings (SSSR count). The molecule has 0 fully saturated rings. The number of likely N-dealkylation sites (N-methyl/N-ethyl adjacent to an activating group) is 1. The minimum Gasteiger partial charge on any atom is -0.326 e. The third-order valence-corrected chi connectivity index (χ3v) is 5.21. The lowest BCUT2D eigenvalue weighted by Gasteiger charge is -2.15. The highest BCUT2D eigenvalue weighted by molar-refractivity contribution is 7.89. The molecule has 0 aliphatic carbocycles. The molecule has 114 valence electrons. The van der Waals surface area contributed by atoms with Crippen LogP contribution in [0, 0.1) is 0 Å². The average Bonchev–Trinajstić information content (AvgIpc) is 2.38. The van der Waals surface area contributed by atoms with E-state index in [1.807, 2.05) is 18.9 Å². The number of rotatable bonds is 7. The van der Waals surface area contributed by atoms with Crippen LogP contribution in [0.3, 0.4) is 0 Å². The second kappa shape index (κ2) is 7.59. The lowest BCUT2D eigenvalue weighted by molar-refractivity contribution is 0.358. The van der Waals surface area contributed by atoms with Crippen LogP contribution < -0.4 is 10.5 Å². The predicted octanol–water partition coefficient (Wildman–Crippen LogP) is 1.68. The van der Waals surface area contributed by atoms with Gasteiger partial charge in [-0.1, -0.05) is 30.1 Å². The largest absolute Gasteiger partial charge is 0.326 e. The Morgan fingerprint density at radius 3 is 2.50 bits per heavy atom. The Kier molecular flexibility index (Phi) is 6.71. The van der Waals surface area contributed by atoms with Crippen molar-refractivity contribution in [3.05, 3.63) is 27.7 Å². The summed E-state index contributed by atoms with van der Waals surface area (Å²) in [5.41, 5.74) is 6.06. The SMILES string of the molecule is CCN(C)CCNS(=O)(=O)c1cc(CN)c(Cl)cc1Cl. The fourth-order valence-electron chi connectivity index (χ4n) is 1.54. The van der Waals surface area contributed by atoms with Gasteiger partial charge in [-0.2, -0.15) is 0 Å². The third-order valence-electron chi connectivity index (χ3n) is 2.94. The van der Waals surface area contributed by atoms with Crippen molar-refractivity contribution in [2.75, 3.05) is 26.7 Å². The molecule has 3 N–H and O–H groups in total. The molecule has 20 heavy (non-hydrogen) atoms. The summed E-state index contributed by atoms with van der Waals surface area (Å²) in [6.07, 6.45) is 0. The molecule has 0 unspecified atom stereocenters. The van der Waals surface area contributed by atoms with Crippen LogP contribution in [0.1, 0.15) is 12.5 Å². The summed E-state index contributed by atoms with van der Waals surface area (Å²) in [7, 11) is -1.75. The van der Waals surface area contributed by atoms with Crippen molar-refractivity contribution in [2.24, 2.45) is 5.73 Å². The van der Waals surface area contributed by atoms with Crippen LogP contribution >= 0.6 is 23.2 Å². The van der Waals surface area contributed by atoms with E-state index in [0.717, 1.165) is 6.54 Å². The van der Waals surface area contributed by atoms with E-state index in [9.17, 15) is 8.42 Å². The van der Waals surface area contributed by atoms with E-state index in [1.165, 1.54) is 12.1 Å². The number of nitrogens with one attached hydrogen (secondary N) is 1. The molecular weight excluding hydrogens is 321 g/mol. The molecule has 8 heteroatoms. The van der Waals surface area contributed by atoms with Crippen molar-refractivity contribution in [1.82, 2.24) is 9.62 Å². The molecule has 0 aliphatic rings. The smallest absolute Gasteiger partial charge is 0.242 e. The Labute approximate surface area is 130 Å². The van der Waals surface area contributed by atoms with Gasteiger partial charge in [0.25, 0.3) is 0 Å². The van der Waals surface area contributed by atoms with Crippen LogP contribution in [0.15, 0.2) is 17.0 Å². The normalized spacial score (nSPS) is 12.1. The van der Waals surface area contributed by atoms with Crippen LogP contribution in [0.25, 0.3) is 0 Å². The molecule has 0 aromatic heterocycles. The first-order chi connectivity index (χ1) is 9.31. The van der Waals surface area contributed by atoms with Crippen LogP contribution in [0.4, 0.5) is 0 Å². The fraction of sp³-hybridized carbons (Fsp3) is 0.500. The Morgan fingerprint density at radius 1 is 1.30 bits per heavy atom. The first kappa shape index (κ1) is 17.7. The summed E-state index contributed by atoms with van der Waals surface area (Å²) in [5.74, 6) is 0. The van der Waals surface area contributed by atoms with Crippen molar-refractivity contribution in [2.45, 2.75) is 18.4 Å². The monoisotopic (exact) mass is 339 g/mol. The van der Waals surface area contributed by atoms with Crippen molar-refractivity contribution < 1.29 is 8.42 Å². The van der Waals surface area contributed by atoms with Gasteiger partial charge >= 0.3 is 0 Å². The summed E-state index contributed by atoms with van der Waals surface area (Å²) >= 11 is 11.9. The van der Waals surface area contributed by atoms with Gasteiger partial charge in [0.05, 0.1) is 5.02 Å². The highest BCUT2D eigenvalue weighted by Gasteiger charge is 2.19. The summed E-state index contributed by atoms with van der Waals surface area (Å²) in [4.78, 5) is 2.00. The Hall–Kier alpha value is -0.370. The second-order valence-corrected chi connectivity index (χ2v) is 6.92. The quantitative estimate of drug-likeness (QED) is 0.792. The summed E-state index contributed by atoms with van der Waals surface area (Å²) < 4.78 is 26.9. The van der Waals surface area contributed by atoms with Gasteiger partial charge in [-0.15, -0.1) is 0 Å². The molecule has 0 atom stereocenters. The molecular formula is C12H19Cl2N3O2S. The Bertz CT molecular complexity index is 564. The fourth-order valence-corrected chi connectivity index (χ4v) is 3.43. The highest BCUT2D eigenvalue weighted by atomic mass is 35.5. The van der Waals surface area contributed by atoms with E-state index in [-0.39, 0.29) is 16.5 Å². The van der Waals surface area contributed by atoms with Crippen molar-refractivity contribution in [3.63, 3.8) is 0 Å². The van der Waals surface area contributed by atoms with Crippen molar-refractivity contribution in [3.8, 4) is 0 Å². The van der Waals surface area contributed by atoms with Crippen LogP contribution in [-0.4, -0.2) is 40.0 Å². The van der Waals surface area contributed by atoms with E-state index in [0.29, 0.717) is 23.7 Å².